The average molecular weight is 156 g/mol. The topological polar surface area (TPSA) is 0 Å². The molecule has 0 spiro atoms. The van der Waals surface area contributed by atoms with Crippen LogP contribution in [0.15, 0.2) is 11.6 Å². The predicted molar refractivity (Wildman–Crippen MR) is 46.3 cm³/mol. The van der Waals surface area contributed by atoms with Gasteiger partial charge in [0.1, 0.15) is 6.17 Å². The van der Waals surface area contributed by atoms with Gasteiger partial charge in [0.15, 0.2) is 0 Å². The van der Waals surface area contributed by atoms with Gasteiger partial charge in [0.2, 0.25) is 0 Å². The van der Waals surface area contributed by atoms with Crippen LogP contribution >= 0.6 is 0 Å². The maximum absolute atomic E-state index is 12.7. The zero-order valence-corrected chi connectivity index (χ0v) is 7.65. The Morgan fingerprint density at radius 1 is 1.45 bits per heavy atom. The number of allylic oxidation sites excluding steroid dienone is 2. The summed E-state index contributed by atoms with van der Waals surface area (Å²) in [6.07, 6.45) is 3.80. The van der Waals surface area contributed by atoms with Gasteiger partial charge in [-0.25, -0.2) is 4.39 Å². The van der Waals surface area contributed by atoms with E-state index in [2.05, 4.69) is 26.8 Å². The molecule has 0 aromatic carbocycles. The van der Waals surface area contributed by atoms with E-state index >= 15 is 0 Å². The largest absolute Gasteiger partial charge is 0.247 e. The molecule has 1 unspecified atom stereocenters. The Labute approximate surface area is 68.5 Å². The normalized spacial score (nSPS) is 26.5. The molecule has 0 aromatic heterocycles. The minimum atomic E-state index is -0.582. The van der Waals surface area contributed by atoms with Gasteiger partial charge in [-0.3, -0.25) is 0 Å². The van der Waals surface area contributed by atoms with Crippen molar-refractivity contribution >= 4 is 0 Å². The Hall–Kier alpha value is -0.330. The summed E-state index contributed by atoms with van der Waals surface area (Å²) in [5, 5.41) is 0. The summed E-state index contributed by atoms with van der Waals surface area (Å²) in [7, 11) is 0. The van der Waals surface area contributed by atoms with Crippen LogP contribution in [0.1, 0.15) is 40.0 Å². The molecule has 0 nitrogen and oxygen atoms in total. The van der Waals surface area contributed by atoms with Crippen LogP contribution in [0, 0.1) is 5.41 Å². The van der Waals surface area contributed by atoms with Crippen molar-refractivity contribution in [1.82, 2.24) is 0 Å². The van der Waals surface area contributed by atoms with Crippen molar-refractivity contribution in [2.45, 2.75) is 46.2 Å². The molecule has 0 heterocycles. The van der Waals surface area contributed by atoms with E-state index in [4.69, 9.17) is 0 Å². The third-order valence-electron chi connectivity index (χ3n) is 2.31. The molecule has 64 valence electrons. The molecule has 0 aliphatic heterocycles. The maximum Gasteiger partial charge on any atom is 0.104 e. The summed E-state index contributed by atoms with van der Waals surface area (Å²) in [5.74, 6) is 0. The summed E-state index contributed by atoms with van der Waals surface area (Å²) in [6.45, 7) is 6.58. The highest BCUT2D eigenvalue weighted by Gasteiger charge is 2.21. The predicted octanol–water partition coefficient (Wildman–Crippen LogP) is 3.48. The summed E-state index contributed by atoms with van der Waals surface area (Å²) < 4.78 is 12.7. The number of alkyl halides is 1. The highest BCUT2D eigenvalue weighted by molar-refractivity contribution is 5.13. The second-order valence-electron chi connectivity index (χ2n) is 4.35. The Kier molecular flexibility index (Phi) is 2.36. The zero-order chi connectivity index (χ0) is 8.48. The molecule has 1 aliphatic rings. The standard InChI is InChI=1S/C10H17F/c1-10(2,3)8-4-6-9(11)7-5-8/h4,9H,5-7H2,1-3H3. The molecule has 0 fully saturated rings. The molecule has 0 N–H and O–H groups in total. The minimum Gasteiger partial charge on any atom is -0.247 e. The van der Waals surface area contributed by atoms with Crippen molar-refractivity contribution in [3.8, 4) is 0 Å². The Morgan fingerprint density at radius 3 is 2.45 bits per heavy atom. The van der Waals surface area contributed by atoms with E-state index < -0.39 is 6.17 Å². The fraction of sp³-hybridized carbons (Fsp3) is 0.800. The van der Waals surface area contributed by atoms with Crippen LogP contribution in [0.3, 0.4) is 0 Å². The van der Waals surface area contributed by atoms with E-state index in [9.17, 15) is 4.39 Å². The second kappa shape index (κ2) is 2.96. The lowest BCUT2D eigenvalue weighted by atomic mass is 9.80. The van der Waals surface area contributed by atoms with Crippen molar-refractivity contribution in [2.75, 3.05) is 0 Å². The summed E-state index contributed by atoms with van der Waals surface area (Å²) >= 11 is 0. The second-order valence-corrected chi connectivity index (χ2v) is 4.35. The molecular formula is C10H17F. The summed E-state index contributed by atoms with van der Waals surface area (Å²) in [4.78, 5) is 0. The quantitative estimate of drug-likeness (QED) is 0.471. The first-order chi connectivity index (χ1) is 5.00. The van der Waals surface area contributed by atoms with Gasteiger partial charge in [-0.05, 0) is 24.7 Å². The number of halogens is 1. The van der Waals surface area contributed by atoms with Gasteiger partial charge in [0.25, 0.3) is 0 Å². The number of rotatable bonds is 0. The van der Waals surface area contributed by atoms with Gasteiger partial charge < -0.3 is 0 Å². The fourth-order valence-electron chi connectivity index (χ4n) is 1.48. The molecule has 1 heteroatoms. The SMILES string of the molecule is CC(C)(C)C1=CCC(F)CC1. The minimum absolute atomic E-state index is 0.250. The first kappa shape index (κ1) is 8.76. The zero-order valence-electron chi connectivity index (χ0n) is 7.65. The van der Waals surface area contributed by atoms with Gasteiger partial charge in [-0.1, -0.05) is 32.4 Å². The van der Waals surface area contributed by atoms with Gasteiger partial charge in [0.05, 0.1) is 0 Å². The van der Waals surface area contributed by atoms with E-state index in [-0.39, 0.29) is 5.41 Å². The maximum atomic E-state index is 12.7. The van der Waals surface area contributed by atoms with Crippen molar-refractivity contribution in [3.63, 3.8) is 0 Å². The molecule has 0 bridgehead atoms. The lowest BCUT2D eigenvalue weighted by molar-refractivity contribution is 0.294. The van der Waals surface area contributed by atoms with Crippen molar-refractivity contribution in [1.29, 1.82) is 0 Å². The smallest absolute Gasteiger partial charge is 0.104 e. The van der Waals surface area contributed by atoms with E-state index in [1.54, 1.807) is 0 Å². The molecule has 1 rings (SSSR count). The van der Waals surface area contributed by atoms with Crippen LogP contribution in [0.5, 0.6) is 0 Å². The first-order valence-electron chi connectivity index (χ1n) is 4.34. The fourth-order valence-corrected chi connectivity index (χ4v) is 1.48. The lowest BCUT2D eigenvalue weighted by Gasteiger charge is -2.27. The van der Waals surface area contributed by atoms with Crippen molar-refractivity contribution < 1.29 is 4.39 Å². The third-order valence-corrected chi connectivity index (χ3v) is 2.31. The highest BCUT2D eigenvalue weighted by Crippen LogP contribution is 2.33. The molecule has 1 aliphatic carbocycles. The highest BCUT2D eigenvalue weighted by atomic mass is 19.1. The van der Waals surface area contributed by atoms with Gasteiger partial charge in [-0.2, -0.15) is 0 Å². The van der Waals surface area contributed by atoms with Crippen LogP contribution in [-0.2, 0) is 0 Å². The number of hydrogen-bond acceptors (Lipinski definition) is 0. The Morgan fingerprint density at radius 2 is 2.09 bits per heavy atom. The molecule has 0 amide bonds. The van der Waals surface area contributed by atoms with E-state index in [0.29, 0.717) is 6.42 Å². The van der Waals surface area contributed by atoms with Crippen LogP contribution in [0.2, 0.25) is 0 Å². The van der Waals surface area contributed by atoms with E-state index in [1.807, 2.05) is 0 Å². The van der Waals surface area contributed by atoms with Crippen LogP contribution in [0.25, 0.3) is 0 Å². The molecular weight excluding hydrogens is 139 g/mol. The summed E-state index contributed by atoms with van der Waals surface area (Å²) in [5.41, 5.74) is 1.67. The average Bonchev–Trinajstić information content (AvgIpc) is 1.86. The van der Waals surface area contributed by atoms with Gasteiger partial charge in [0, 0.05) is 0 Å². The molecule has 11 heavy (non-hydrogen) atoms. The Balaban J connectivity index is 2.62. The van der Waals surface area contributed by atoms with Gasteiger partial charge in [-0.15, -0.1) is 0 Å². The molecule has 0 saturated carbocycles. The molecule has 1 atom stereocenters. The molecule has 0 aromatic rings. The first-order valence-corrected chi connectivity index (χ1v) is 4.34. The van der Waals surface area contributed by atoms with E-state index in [0.717, 1.165) is 12.8 Å². The Bertz CT molecular complexity index is 162. The van der Waals surface area contributed by atoms with Crippen molar-refractivity contribution in [3.05, 3.63) is 11.6 Å². The van der Waals surface area contributed by atoms with Crippen LogP contribution in [-0.4, -0.2) is 6.17 Å². The molecule has 0 saturated heterocycles. The molecule has 0 radical (unpaired) electrons. The van der Waals surface area contributed by atoms with Crippen LogP contribution in [0.4, 0.5) is 4.39 Å². The van der Waals surface area contributed by atoms with E-state index in [1.165, 1.54) is 5.57 Å². The monoisotopic (exact) mass is 156 g/mol. The van der Waals surface area contributed by atoms with Crippen LogP contribution < -0.4 is 0 Å². The third kappa shape index (κ3) is 2.32. The van der Waals surface area contributed by atoms with Crippen molar-refractivity contribution in [2.24, 2.45) is 5.41 Å². The lowest BCUT2D eigenvalue weighted by Crippen LogP contribution is -2.15. The summed E-state index contributed by atoms with van der Waals surface area (Å²) in [6, 6.07) is 0. The van der Waals surface area contributed by atoms with Gasteiger partial charge >= 0.3 is 0 Å². The number of hydrogen-bond donors (Lipinski definition) is 0.